The third kappa shape index (κ3) is 4.61. The van der Waals surface area contributed by atoms with E-state index in [1.165, 1.54) is 31.0 Å². The minimum absolute atomic E-state index is 0.115. The predicted molar refractivity (Wildman–Crippen MR) is 104 cm³/mol. The molecular weight excluding hydrogens is 388 g/mol. The van der Waals surface area contributed by atoms with Crippen LogP contribution in [0.3, 0.4) is 0 Å². The number of benzene rings is 2. The summed E-state index contributed by atoms with van der Waals surface area (Å²) in [5.41, 5.74) is 1.09. The van der Waals surface area contributed by atoms with Gasteiger partial charge in [-0.05, 0) is 30.3 Å². The number of hydrogen-bond acceptors (Lipinski definition) is 6. The zero-order valence-corrected chi connectivity index (χ0v) is 16.2. The first-order chi connectivity index (χ1) is 12.9. The van der Waals surface area contributed by atoms with Gasteiger partial charge in [-0.1, -0.05) is 12.1 Å². The summed E-state index contributed by atoms with van der Waals surface area (Å²) in [7, 11) is -2.14. The predicted octanol–water partition coefficient (Wildman–Crippen LogP) is 2.54. The van der Waals surface area contributed by atoms with Gasteiger partial charge in [0.1, 0.15) is 5.75 Å². The fourth-order valence-electron chi connectivity index (χ4n) is 2.55. The first-order valence-electron chi connectivity index (χ1n) is 8.11. The van der Waals surface area contributed by atoms with Crippen LogP contribution in [0.5, 0.6) is 5.75 Å². The molecule has 1 aliphatic heterocycles. The smallest absolute Gasteiger partial charge is 0.234 e. The number of thioether (sulfide) groups is 1. The van der Waals surface area contributed by atoms with E-state index in [0.717, 1.165) is 0 Å². The van der Waals surface area contributed by atoms with Gasteiger partial charge in [0.05, 0.1) is 34.9 Å². The molecule has 27 heavy (non-hydrogen) atoms. The highest BCUT2D eigenvalue weighted by molar-refractivity contribution is 8.00. The monoisotopic (exact) mass is 406 g/mol. The molecule has 0 unspecified atom stereocenters. The van der Waals surface area contributed by atoms with Crippen LogP contribution in [0.15, 0.2) is 52.3 Å². The maximum Gasteiger partial charge on any atom is 0.234 e. The van der Waals surface area contributed by atoms with Crippen LogP contribution in [0, 0.1) is 0 Å². The Balaban J connectivity index is 1.66. The largest absolute Gasteiger partial charge is 0.495 e. The van der Waals surface area contributed by atoms with Crippen LogP contribution in [0.4, 0.5) is 11.4 Å². The standard InChI is InChI=1S/C18H18N2O5S2/c1-25-15-5-3-2-4-13(15)19-17(21)8-9-27(23,24)12-6-7-14-16(10-12)26-11-18(22)20-14/h2-7,10H,8-9,11H2,1H3,(H,19,21)(H,20,22). The number of fused-ring (bicyclic) bond motifs is 1. The quantitative estimate of drug-likeness (QED) is 0.764. The van der Waals surface area contributed by atoms with Crippen molar-refractivity contribution in [2.45, 2.75) is 16.2 Å². The van der Waals surface area contributed by atoms with Crippen molar-refractivity contribution < 1.29 is 22.7 Å². The van der Waals surface area contributed by atoms with Crippen molar-refractivity contribution in [3.05, 3.63) is 42.5 Å². The molecule has 0 aromatic heterocycles. The number of nitrogens with one attached hydrogen (secondary N) is 2. The lowest BCUT2D eigenvalue weighted by Crippen LogP contribution is -2.20. The van der Waals surface area contributed by atoms with Crippen LogP contribution in [0.25, 0.3) is 0 Å². The maximum atomic E-state index is 12.6. The van der Waals surface area contributed by atoms with Gasteiger partial charge >= 0.3 is 0 Å². The maximum absolute atomic E-state index is 12.6. The van der Waals surface area contributed by atoms with Crippen molar-refractivity contribution in [3.8, 4) is 5.75 Å². The van der Waals surface area contributed by atoms with Gasteiger partial charge in [0.2, 0.25) is 11.8 Å². The second kappa shape index (κ2) is 8.01. The molecule has 1 aliphatic rings. The summed E-state index contributed by atoms with van der Waals surface area (Å²) in [6.45, 7) is 0. The molecule has 9 heteroatoms. The van der Waals surface area contributed by atoms with Crippen molar-refractivity contribution in [3.63, 3.8) is 0 Å². The van der Waals surface area contributed by atoms with E-state index in [1.807, 2.05) is 0 Å². The lowest BCUT2D eigenvalue weighted by atomic mass is 10.3. The number of carbonyl (C=O) groups is 2. The summed E-state index contributed by atoms with van der Waals surface area (Å²) >= 11 is 1.29. The Morgan fingerprint density at radius 3 is 2.81 bits per heavy atom. The fourth-order valence-corrected chi connectivity index (χ4v) is 4.73. The highest BCUT2D eigenvalue weighted by Gasteiger charge is 2.21. The van der Waals surface area contributed by atoms with Crippen LogP contribution < -0.4 is 15.4 Å². The van der Waals surface area contributed by atoms with Gasteiger partial charge in [-0.15, -0.1) is 11.8 Å². The van der Waals surface area contributed by atoms with Gasteiger partial charge in [0, 0.05) is 11.3 Å². The lowest BCUT2D eigenvalue weighted by molar-refractivity contribution is -0.116. The highest BCUT2D eigenvalue weighted by Crippen LogP contribution is 2.33. The second-order valence-corrected chi connectivity index (χ2v) is 8.94. The summed E-state index contributed by atoms with van der Waals surface area (Å²) in [6, 6.07) is 11.5. The molecule has 0 bridgehead atoms. The van der Waals surface area contributed by atoms with Gasteiger partial charge < -0.3 is 15.4 Å². The third-order valence-electron chi connectivity index (χ3n) is 3.92. The molecule has 7 nitrogen and oxygen atoms in total. The number of para-hydroxylation sites is 2. The van der Waals surface area contributed by atoms with E-state index < -0.39 is 15.7 Å². The van der Waals surface area contributed by atoms with Gasteiger partial charge in [-0.2, -0.15) is 0 Å². The molecule has 2 aromatic rings. The third-order valence-corrected chi connectivity index (χ3v) is 6.69. The molecule has 2 N–H and O–H groups in total. The van der Waals surface area contributed by atoms with Crippen LogP contribution >= 0.6 is 11.8 Å². The SMILES string of the molecule is COc1ccccc1NC(=O)CCS(=O)(=O)c1ccc2c(c1)SCC(=O)N2. The summed E-state index contributed by atoms with van der Waals surface area (Å²) in [6.07, 6.45) is -0.179. The Hall–Kier alpha value is -2.52. The Labute approximate surface area is 161 Å². The molecule has 0 spiro atoms. The normalized spacial score (nSPS) is 13.4. The molecular formula is C18H18N2O5S2. The summed E-state index contributed by atoms with van der Waals surface area (Å²) in [5, 5.41) is 5.36. The molecule has 0 saturated carbocycles. The van der Waals surface area contributed by atoms with Crippen LogP contribution in [0.2, 0.25) is 0 Å². The van der Waals surface area contributed by atoms with Crippen LogP contribution in [0.1, 0.15) is 6.42 Å². The van der Waals surface area contributed by atoms with Gasteiger partial charge in [0.15, 0.2) is 9.84 Å². The molecule has 2 aromatic carbocycles. The van der Waals surface area contributed by atoms with Gasteiger partial charge in [-0.3, -0.25) is 9.59 Å². The first-order valence-corrected chi connectivity index (χ1v) is 10.7. The zero-order valence-electron chi connectivity index (χ0n) is 14.5. The van der Waals surface area contributed by atoms with Crippen LogP contribution in [-0.2, 0) is 19.4 Å². The lowest BCUT2D eigenvalue weighted by Gasteiger charge is -2.17. The number of anilines is 2. The average molecular weight is 406 g/mol. The van der Waals surface area contributed by atoms with Gasteiger partial charge in [-0.25, -0.2) is 8.42 Å². The molecule has 0 fully saturated rings. The summed E-state index contributed by atoms with van der Waals surface area (Å²) < 4.78 is 30.3. The highest BCUT2D eigenvalue weighted by atomic mass is 32.2. The van der Waals surface area contributed by atoms with E-state index in [9.17, 15) is 18.0 Å². The molecule has 0 aliphatic carbocycles. The molecule has 3 rings (SSSR count). The Kier molecular flexibility index (Phi) is 5.71. The summed E-state index contributed by atoms with van der Waals surface area (Å²) in [5.74, 6) is -0.0945. The Bertz CT molecular complexity index is 989. The number of rotatable bonds is 6. The van der Waals surface area contributed by atoms with E-state index in [0.29, 0.717) is 22.0 Å². The minimum atomic E-state index is -3.63. The van der Waals surface area contributed by atoms with Crippen molar-refractivity contribution in [1.29, 1.82) is 0 Å². The molecule has 0 atom stereocenters. The number of amides is 2. The fraction of sp³-hybridized carbons (Fsp3) is 0.222. The summed E-state index contributed by atoms with van der Waals surface area (Å²) in [4.78, 5) is 24.4. The van der Waals surface area contributed by atoms with E-state index in [-0.39, 0.29) is 28.7 Å². The van der Waals surface area contributed by atoms with Crippen molar-refractivity contribution in [1.82, 2.24) is 0 Å². The topological polar surface area (TPSA) is 102 Å². The number of ether oxygens (including phenoxy) is 1. The van der Waals surface area contributed by atoms with Gasteiger partial charge in [0.25, 0.3) is 0 Å². The van der Waals surface area contributed by atoms with E-state index in [2.05, 4.69) is 10.6 Å². The molecule has 0 saturated heterocycles. The van der Waals surface area contributed by atoms with E-state index in [4.69, 9.17) is 4.74 Å². The van der Waals surface area contributed by atoms with Crippen molar-refractivity contribution in [2.75, 3.05) is 29.2 Å². The molecule has 142 valence electrons. The Morgan fingerprint density at radius 1 is 1.26 bits per heavy atom. The van der Waals surface area contributed by atoms with Crippen molar-refractivity contribution in [2.24, 2.45) is 0 Å². The number of sulfone groups is 1. The molecule has 2 amide bonds. The second-order valence-electron chi connectivity index (χ2n) is 5.81. The number of carbonyl (C=O) groups excluding carboxylic acids is 2. The molecule has 0 radical (unpaired) electrons. The number of methoxy groups -OCH3 is 1. The zero-order chi connectivity index (χ0) is 19.4. The first kappa shape index (κ1) is 19.2. The van der Waals surface area contributed by atoms with E-state index >= 15 is 0 Å². The van der Waals surface area contributed by atoms with E-state index in [1.54, 1.807) is 30.3 Å². The van der Waals surface area contributed by atoms with Crippen molar-refractivity contribution >= 4 is 44.8 Å². The van der Waals surface area contributed by atoms with Crippen LogP contribution in [-0.4, -0.2) is 38.8 Å². The number of hydrogen-bond donors (Lipinski definition) is 2. The molecule has 1 heterocycles. The minimum Gasteiger partial charge on any atom is -0.495 e. The Morgan fingerprint density at radius 2 is 2.04 bits per heavy atom. The average Bonchev–Trinajstić information content (AvgIpc) is 2.66.